The van der Waals surface area contributed by atoms with Gasteiger partial charge < -0.3 is 5.32 Å². The van der Waals surface area contributed by atoms with Crippen LogP contribution in [0.2, 0.25) is 5.02 Å². The molecular formula is C10H11ClFN. The quantitative estimate of drug-likeness (QED) is 0.790. The number of benzene rings is 1. The molecule has 0 aliphatic rings. The number of nitrogens with one attached hydrogen (secondary N) is 1. The maximum atomic E-state index is 13.1. The Bertz CT molecular complexity index is 290. The Morgan fingerprint density at radius 2 is 2.31 bits per heavy atom. The predicted octanol–water partition coefficient (Wildman–Crippen LogP) is 2.71. The Kier molecular flexibility index (Phi) is 3.93. The van der Waals surface area contributed by atoms with Crippen LogP contribution < -0.4 is 5.32 Å². The highest BCUT2D eigenvalue weighted by molar-refractivity contribution is 6.32. The third-order valence-electron chi connectivity index (χ3n) is 1.61. The van der Waals surface area contributed by atoms with Gasteiger partial charge in [-0.25, -0.2) is 4.39 Å². The molecule has 0 fully saturated rings. The minimum absolute atomic E-state index is 0.292. The molecule has 0 aliphatic carbocycles. The van der Waals surface area contributed by atoms with Gasteiger partial charge in [0.1, 0.15) is 5.82 Å². The molecule has 1 aromatic rings. The highest BCUT2D eigenvalue weighted by Gasteiger charge is 2.01. The number of hydrogen-bond donors (Lipinski definition) is 1. The molecule has 0 radical (unpaired) electrons. The van der Waals surface area contributed by atoms with Gasteiger partial charge in [0, 0.05) is 12.1 Å². The maximum absolute atomic E-state index is 13.1. The van der Waals surface area contributed by atoms with Gasteiger partial charge in [-0.05, 0) is 19.2 Å². The van der Waals surface area contributed by atoms with Gasteiger partial charge in [-0.1, -0.05) is 29.8 Å². The molecule has 0 atom stereocenters. The summed E-state index contributed by atoms with van der Waals surface area (Å²) in [5.41, 5.74) is 0.444. The fourth-order valence-corrected chi connectivity index (χ4v) is 1.19. The molecule has 3 heteroatoms. The molecule has 0 saturated carbocycles. The van der Waals surface area contributed by atoms with E-state index in [-0.39, 0.29) is 5.82 Å². The van der Waals surface area contributed by atoms with Crippen molar-refractivity contribution >= 4 is 17.7 Å². The second-order valence-corrected chi connectivity index (χ2v) is 3.00. The topological polar surface area (TPSA) is 12.0 Å². The summed E-state index contributed by atoms with van der Waals surface area (Å²) in [4.78, 5) is 0. The van der Waals surface area contributed by atoms with Crippen LogP contribution in [0.25, 0.3) is 6.08 Å². The second-order valence-electron chi connectivity index (χ2n) is 2.60. The summed E-state index contributed by atoms with van der Waals surface area (Å²) < 4.78 is 13.1. The fourth-order valence-electron chi connectivity index (χ4n) is 0.965. The van der Waals surface area contributed by atoms with Crippen LogP contribution in [0.1, 0.15) is 5.56 Å². The van der Waals surface area contributed by atoms with Gasteiger partial charge in [-0.2, -0.15) is 0 Å². The molecule has 1 aromatic carbocycles. The van der Waals surface area contributed by atoms with Gasteiger partial charge >= 0.3 is 0 Å². The predicted molar refractivity (Wildman–Crippen MR) is 54.4 cm³/mol. The summed E-state index contributed by atoms with van der Waals surface area (Å²) in [6, 6.07) is 4.65. The van der Waals surface area contributed by atoms with E-state index in [1.54, 1.807) is 18.2 Å². The van der Waals surface area contributed by atoms with E-state index < -0.39 is 0 Å². The van der Waals surface area contributed by atoms with Crippen LogP contribution in [0, 0.1) is 5.82 Å². The normalized spacial score (nSPS) is 11.0. The van der Waals surface area contributed by atoms with Gasteiger partial charge in [-0.15, -0.1) is 0 Å². The molecule has 0 saturated heterocycles. The smallest absolute Gasteiger partial charge is 0.131 e. The molecule has 0 amide bonds. The zero-order valence-corrected chi connectivity index (χ0v) is 8.11. The fraction of sp³-hybridized carbons (Fsp3) is 0.200. The van der Waals surface area contributed by atoms with Crippen LogP contribution in [0.3, 0.4) is 0 Å². The molecule has 1 rings (SSSR count). The summed E-state index contributed by atoms with van der Waals surface area (Å²) >= 11 is 5.80. The SMILES string of the molecule is CNC/C=C/c1c(F)cccc1Cl. The summed E-state index contributed by atoms with van der Waals surface area (Å²) in [5, 5.41) is 3.36. The first kappa shape index (κ1) is 10.2. The minimum atomic E-state index is -0.292. The van der Waals surface area contributed by atoms with Crippen molar-refractivity contribution in [3.8, 4) is 0 Å². The van der Waals surface area contributed by atoms with Crippen LogP contribution >= 0.6 is 11.6 Å². The van der Waals surface area contributed by atoms with E-state index in [0.29, 0.717) is 17.1 Å². The molecule has 0 aliphatic heterocycles. The van der Waals surface area contributed by atoms with Gasteiger partial charge in [0.2, 0.25) is 0 Å². The van der Waals surface area contributed by atoms with E-state index in [1.807, 2.05) is 13.1 Å². The van der Waals surface area contributed by atoms with Crippen molar-refractivity contribution in [3.05, 3.63) is 40.7 Å². The van der Waals surface area contributed by atoms with E-state index in [4.69, 9.17) is 11.6 Å². The van der Waals surface area contributed by atoms with Crippen molar-refractivity contribution in [2.24, 2.45) is 0 Å². The Morgan fingerprint density at radius 3 is 2.92 bits per heavy atom. The lowest BCUT2D eigenvalue weighted by Gasteiger charge is -1.99. The Labute approximate surface area is 82.2 Å². The van der Waals surface area contributed by atoms with E-state index in [2.05, 4.69) is 5.32 Å². The van der Waals surface area contributed by atoms with Gasteiger partial charge in [-0.3, -0.25) is 0 Å². The molecule has 13 heavy (non-hydrogen) atoms. The first-order chi connectivity index (χ1) is 6.25. The van der Waals surface area contributed by atoms with Crippen LogP contribution in [0.15, 0.2) is 24.3 Å². The zero-order valence-electron chi connectivity index (χ0n) is 7.35. The first-order valence-corrected chi connectivity index (χ1v) is 4.38. The summed E-state index contributed by atoms with van der Waals surface area (Å²) in [5.74, 6) is -0.292. The average molecular weight is 200 g/mol. The summed E-state index contributed by atoms with van der Waals surface area (Å²) in [6.07, 6.45) is 3.50. The average Bonchev–Trinajstić information content (AvgIpc) is 2.10. The second kappa shape index (κ2) is 5.00. The Balaban J connectivity index is 2.87. The zero-order chi connectivity index (χ0) is 9.68. The van der Waals surface area contributed by atoms with Crippen molar-refractivity contribution in [1.29, 1.82) is 0 Å². The molecule has 0 bridgehead atoms. The Morgan fingerprint density at radius 1 is 1.54 bits per heavy atom. The highest BCUT2D eigenvalue weighted by atomic mass is 35.5. The van der Waals surface area contributed by atoms with E-state index in [0.717, 1.165) is 0 Å². The number of halogens is 2. The summed E-state index contributed by atoms with van der Waals surface area (Å²) in [7, 11) is 1.83. The standard InChI is InChI=1S/C10H11ClFN/c1-13-7-3-4-8-9(11)5-2-6-10(8)12/h2-6,13H,7H2,1H3/b4-3+. The number of hydrogen-bond acceptors (Lipinski definition) is 1. The molecule has 1 N–H and O–H groups in total. The van der Waals surface area contributed by atoms with Gasteiger partial charge in [0.25, 0.3) is 0 Å². The lowest BCUT2D eigenvalue weighted by Crippen LogP contribution is -2.03. The molecule has 0 aromatic heterocycles. The maximum Gasteiger partial charge on any atom is 0.131 e. The Hall–Kier alpha value is -0.860. The van der Waals surface area contributed by atoms with Crippen LogP contribution in [-0.2, 0) is 0 Å². The number of likely N-dealkylation sites (N-methyl/N-ethyl adjacent to an activating group) is 1. The third-order valence-corrected chi connectivity index (χ3v) is 1.94. The van der Waals surface area contributed by atoms with Crippen molar-refractivity contribution in [1.82, 2.24) is 5.32 Å². The first-order valence-electron chi connectivity index (χ1n) is 4.01. The van der Waals surface area contributed by atoms with Crippen LogP contribution in [-0.4, -0.2) is 13.6 Å². The van der Waals surface area contributed by atoms with Crippen molar-refractivity contribution in [3.63, 3.8) is 0 Å². The lowest BCUT2D eigenvalue weighted by molar-refractivity contribution is 0.625. The molecule has 0 spiro atoms. The largest absolute Gasteiger partial charge is 0.316 e. The van der Waals surface area contributed by atoms with Crippen molar-refractivity contribution in [2.45, 2.75) is 0 Å². The van der Waals surface area contributed by atoms with E-state index in [1.165, 1.54) is 6.07 Å². The number of rotatable bonds is 3. The van der Waals surface area contributed by atoms with Gasteiger partial charge in [0.05, 0.1) is 5.02 Å². The lowest BCUT2D eigenvalue weighted by atomic mass is 10.2. The third kappa shape index (κ3) is 2.83. The molecule has 1 nitrogen and oxygen atoms in total. The van der Waals surface area contributed by atoms with E-state index in [9.17, 15) is 4.39 Å². The molecule has 0 unspecified atom stereocenters. The van der Waals surface area contributed by atoms with Crippen LogP contribution in [0.4, 0.5) is 4.39 Å². The highest BCUT2D eigenvalue weighted by Crippen LogP contribution is 2.19. The molecule has 70 valence electrons. The summed E-state index contributed by atoms with van der Waals surface area (Å²) in [6.45, 7) is 0.699. The van der Waals surface area contributed by atoms with Gasteiger partial charge in [0.15, 0.2) is 0 Å². The van der Waals surface area contributed by atoms with Crippen molar-refractivity contribution < 1.29 is 4.39 Å². The monoisotopic (exact) mass is 199 g/mol. The van der Waals surface area contributed by atoms with Crippen molar-refractivity contribution in [2.75, 3.05) is 13.6 Å². The molecular weight excluding hydrogens is 189 g/mol. The van der Waals surface area contributed by atoms with Crippen LogP contribution in [0.5, 0.6) is 0 Å². The minimum Gasteiger partial charge on any atom is -0.316 e. The van der Waals surface area contributed by atoms with E-state index >= 15 is 0 Å². The molecule has 0 heterocycles.